The second-order valence-corrected chi connectivity index (χ2v) is 6.43. The van der Waals surface area contributed by atoms with E-state index in [4.69, 9.17) is 11.6 Å². The van der Waals surface area contributed by atoms with Gasteiger partial charge in [-0.3, -0.25) is 0 Å². The lowest BCUT2D eigenvalue weighted by atomic mass is 9.88. The van der Waals surface area contributed by atoms with Gasteiger partial charge in [-0.25, -0.2) is 4.98 Å². The van der Waals surface area contributed by atoms with Gasteiger partial charge in [-0.15, -0.1) is 22.9 Å². The molecule has 1 heterocycles. The molecule has 2 rings (SSSR count). The van der Waals surface area contributed by atoms with Crippen molar-refractivity contribution >= 4 is 22.9 Å². The number of hydrogen-bond acceptors (Lipinski definition) is 3. The molecule has 0 aliphatic rings. The van der Waals surface area contributed by atoms with Crippen LogP contribution in [0.5, 0.6) is 0 Å². The molecule has 0 aliphatic carbocycles. The highest BCUT2D eigenvalue weighted by Crippen LogP contribution is 2.31. The zero-order valence-corrected chi connectivity index (χ0v) is 12.8. The number of hydrogen-bond donors (Lipinski definition) is 1. The summed E-state index contributed by atoms with van der Waals surface area (Å²) in [5.74, 6) is 0.425. The second kappa shape index (κ2) is 6.04. The SMILES string of the molecule is Cc1nc(CC(O)(CCCl)c2ccccc2)sc1C. The van der Waals surface area contributed by atoms with Gasteiger partial charge in [-0.1, -0.05) is 30.3 Å². The van der Waals surface area contributed by atoms with Crippen molar-refractivity contribution in [3.8, 4) is 0 Å². The third kappa shape index (κ3) is 3.35. The Balaban J connectivity index is 2.29. The monoisotopic (exact) mass is 295 g/mol. The molecule has 0 radical (unpaired) electrons. The quantitative estimate of drug-likeness (QED) is 0.851. The molecule has 102 valence electrons. The average Bonchev–Trinajstić information content (AvgIpc) is 2.69. The first kappa shape index (κ1) is 14.5. The Hall–Kier alpha value is -0.900. The molecular weight excluding hydrogens is 278 g/mol. The highest BCUT2D eigenvalue weighted by Gasteiger charge is 2.30. The topological polar surface area (TPSA) is 33.1 Å². The minimum atomic E-state index is -0.931. The molecule has 2 aromatic rings. The summed E-state index contributed by atoms with van der Waals surface area (Å²) in [5.41, 5.74) is 1.02. The normalized spacial score (nSPS) is 14.3. The molecule has 0 spiro atoms. The minimum absolute atomic E-state index is 0.425. The van der Waals surface area contributed by atoms with Crippen LogP contribution in [-0.4, -0.2) is 16.0 Å². The maximum atomic E-state index is 10.9. The highest BCUT2D eigenvalue weighted by atomic mass is 35.5. The molecule has 2 nitrogen and oxygen atoms in total. The van der Waals surface area contributed by atoms with Crippen molar-refractivity contribution in [2.75, 3.05) is 5.88 Å². The predicted molar refractivity (Wildman–Crippen MR) is 81.0 cm³/mol. The lowest BCUT2D eigenvalue weighted by Gasteiger charge is -2.27. The van der Waals surface area contributed by atoms with Crippen LogP contribution in [0.1, 0.15) is 27.6 Å². The standard InChI is InChI=1S/C15H18ClNOS/c1-11-12(2)19-14(17-11)10-15(18,8-9-16)13-6-4-3-5-7-13/h3-7,18H,8-10H2,1-2H3. The van der Waals surface area contributed by atoms with Gasteiger partial charge in [0.05, 0.1) is 16.3 Å². The summed E-state index contributed by atoms with van der Waals surface area (Å²) < 4.78 is 0. The summed E-state index contributed by atoms with van der Waals surface area (Å²) >= 11 is 7.51. The highest BCUT2D eigenvalue weighted by molar-refractivity contribution is 7.11. The Kier molecular flexibility index (Phi) is 4.61. The number of halogens is 1. The molecule has 4 heteroatoms. The van der Waals surface area contributed by atoms with Gasteiger partial charge >= 0.3 is 0 Å². The number of benzene rings is 1. The summed E-state index contributed by atoms with van der Waals surface area (Å²) in [4.78, 5) is 5.72. The third-order valence-corrected chi connectivity index (χ3v) is 4.60. The number of nitrogens with zero attached hydrogens (tertiary/aromatic N) is 1. The van der Waals surface area contributed by atoms with Crippen LogP contribution < -0.4 is 0 Å². The first-order chi connectivity index (χ1) is 9.05. The molecule has 1 aromatic heterocycles. The summed E-state index contributed by atoms with van der Waals surface area (Å²) in [6.07, 6.45) is 1.04. The molecular formula is C15H18ClNOS. The smallest absolute Gasteiger partial charge is 0.0971 e. The van der Waals surface area contributed by atoms with Crippen LogP contribution in [-0.2, 0) is 12.0 Å². The lowest BCUT2D eigenvalue weighted by molar-refractivity contribution is 0.0336. The van der Waals surface area contributed by atoms with E-state index in [9.17, 15) is 5.11 Å². The summed E-state index contributed by atoms with van der Waals surface area (Å²) in [6.45, 7) is 4.05. The van der Waals surface area contributed by atoms with Gasteiger partial charge in [-0.05, 0) is 25.8 Å². The molecule has 0 bridgehead atoms. The molecule has 0 aliphatic heterocycles. The van der Waals surface area contributed by atoms with Gasteiger partial charge in [0.2, 0.25) is 0 Å². The van der Waals surface area contributed by atoms with Crippen LogP contribution in [0.4, 0.5) is 0 Å². The van der Waals surface area contributed by atoms with E-state index >= 15 is 0 Å². The van der Waals surface area contributed by atoms with Crippen molar-refractivity contribution in [1.82, 2.24) is 4.98 Å². The molecule has 0 fully saturated rings. The van der Waals surface area contributed by atoms with Crippen LogP contribution in [0.3, 0.4) is 0 Å². The number of aromatic nitrogens is 1. The fraction of sp³-hybridized carbons (Fsp3) is 0.400. The van der Waals surface area contributed by atoms with Crippen LogP contribution in [0.2, 0.25) is 0 Å². The fourth-order valence-electron chi connectivity index (χ4n) is 2.10. The van der Waals surface area contributed by atoms with Gasteiger partial charge in [0, 0.05) is 17.2 Å². The van der Waals surface area contributed by atoms with Crippen molar-refractivity contribution in [2.24, 2.45) is 0 Å². The lowest BCUT2D eigenvalue weighted by Crippen LogP contribution is -2.29. The van der Waals surface area contributed by atoms with Crippen LogP contribution in [0, 0.1) is 13.8 Å². The van der Waals surface area contributed by atoms with E-state index in [1.165, 1.54) is 4.88 Å². The average molecular weight is 296 g/mol. The van der Waals surface area contributed by atoms with E-state index in [2.05, 4.69) is 11.9 Å². The zero-order chi connectivity index (χ0) is 13.9. The molecule has 1 N–H and O–H groups in total. The maximum Gasteiger partial charge on any atom is 0.0971 e. The first-order valence-electron chi connectivity index (χ1n) is 6.32. The van der Waals surface area contributed by atoms with Gasteiger partial charge in [0.15, 0.2) is 0 Å². The Morgan fingerprint density at radius 3 is 2.47 bits per heavy atom. The van der Waals surface area contributed by atoms with Crippen LogP contribution in [0.15, 0.2) is 30.3 Å². The minimum Gasteiger partial charge on any atom is -0.385 e. The first-order valence-corrected chi connectivity index (χ1v) is 7.67. The van der Waals surface area contributed by atoms with Gasteiger partial charge in [-0.2, -0.15) is 0 Å². The predicted octanol–water partition coefficient (Wildman–Crippen LogP) is 3.82. The fourth-order valence-corrected chi connectivity index (χ4v) is 3.46. The molecule has 0 saturated carbocycles. The van der Waals surface area contributed by atoms with E-state index in [1.54, 1.807) is 11.3 Å². The van der Waals surface area contributed by atoms with Crippen LogP contribution >= 0.6 is 22.9 Å². The molecule has 0 amide bonds. The Bertz CT molecular complexity index is 521. The Morgan fingerprint density at radius 1 is 1.26 bits per heavy atom. The number of alkyl halides is 1. The van der Waals surface area contributed by atoms with E-state index in [1.807, 2.05) is 37.3 Å². The van der Waals surface area contributed by atoms with Crippen molar-refractivity contribution in [1.29, 1.82) is 0 Å². The van der Waals surface area contributed by atoms with E-state index in [0.717, 1.165) is 16.3 Å². The van der Waals surface area contributed by atoms with E-state index in [-0.39, 0.29) is 0 Å². The van der Waals surface area contributed by atoms with Gasteiger partial charge in [0.1, 0.15) is 0 Å². The molecule has 0 saturated heterocycles. The molecule has 1 atom stereocenters. The van der Waals surface area contributed by atoms with Crippen LogP contribution in [0.25, 0.3) is 0 Å². The number of aliphatic hydroxyl groups is 1. The van der Waals surface area contributed by atoms with E-state index in [0.29, 0.717) is 18.7 Å². The Morgan fingerprint density at radius 2 is 1.95 bits per heavy atom. The third-order valence-electron chi connectivity index (χ3n) is 3.34. The van der Waals surface area contributed by atoms with Gasteiger partial charge < -0.3 is 5.11 Å². The Labute approximate surface area is 123 Å². The van der Waals surface area contributed by atoms with Gasteiger partial charge in [0.25, 0.3) is 0 Å². The van der Waals surface area contributed by atoms with Crippen molar-refractivity contribution in [2.45, 2.75) is 32.3 Å². The summed E-state index contributed by atoms with van der Waals surface area (Å²) in [6, 6.07) is 9.71. The maximum absolute atomic E-state index is 10.9. The van der Waals surface area contributed by atoms with Crippen molar-refractivity contribution in [3.63, 3.8) is 0 Å². The number of rotatable bonds is 5. The molecule has 1 unspecified atom stereocenters. The largest absolute Gasteiger partial charge is 0.385 e. The summed E-state index contributed by atoms with van der Waals surface area (Å²) in [7, 11) is 0. The summed E-state index contributed by atoms with van der Waals surface area (Å²) in [5, 5.41) is 11.9. The van der Waals surface area contributed by atoms with Crippen molar-refractivity contribution in [3.05, 3.63) is 51.5 Å². The van der Waals surface area contributed by atoms with Crippen molar-refractivity contribution < 1.29 is 5.11 Å². The number of aryl methyl sites for hydroxylation is 2. The zero-order valence-electron chi connectivity index (χ0n) is 11.2. The molecule has 19 heavy (non-hydrogen) atoms. The van der Waals surface area contributed by atoms with E-state index < -0.39 is 5.60 Å². The molecule has 1 aromatic carbocycles. The number of thiazole rings is 1. The second-order valence-electron chi connectivity index (χ2n) is 4.76.